The minimum Gasteiger partial charge on any atom is -0.333 e. The van der Waals surface area contributed by atoms with Gasteiger partial charge in [-0.1, -0.05) is 13.8 Å². The van der Waals surface area contributed by atoms with Crippen molar-refractivity contribution < 1.29 is 18.0 Å². The van der Waals surface area contributed by atoms with Gasteiger partial charge in [-0.3, -0.25) is 4.79 Å². The number of nitrogens with zero attached hydrogens (tertiary/aromatic N) is 2. The molecule has 2 aliphatic heterocycles. The van der Waals surface area contributed by atoms with Crippen molar-refractivity contribution >= 4 is 5.91 Å². The first kappa shape index (κ1) is 15.6. The lowest BCUT2D eigenvalue weighted by Gasteiger charge is -2.41. The van der Waals surface area contributed by atoms with Crippen LogP contribution in [0, 0.1) is 5.41 Å². The van der Waals surface area contributed by atoms with Gasteiger partial charge in [0.1, 0.15) is 5.41 Å². The summed E-state index contributed by atoms with van der Waals surface area (Å²) in [6.07, 6.45) is -2.75. The fourth-order valence-electron chi connectivity index (χ4n) is 3.44. The van der Waals surface area contributed by atoms with E-state index in [4.69, 9.17) is 0 Å². The van der Waals surface area contributed by atoms with Crippen LogP contribution in [0.4, 0.5) is 13.2 Å². The van der Waals surface area contributed by atoms with Crippen LogP contribution >= 0.6 is 0 Å². The van der Waals surface area contributed by atoms with Crippen LogP contribution in [0.3, 0.4) is 0 Å². The predicted octanol–water partition coefficient (Wildman–Crippen LogP) is 2.66. The Morgan fingerprint density at radius 1 is 1.10 bits per heavy atom. The molecule has 0 N–H and O–H groups in total. The number of piperazine rings is 1. The minimum atomic E-state index is -4.38. The molecular formula is C14H23F3N2O. The Bertz CT molecular complexity index is 365. The summed E-state index contributed by atoms with van der Waals surface area (Å²) in [5.41, 5.74) is -2.04. The zero-order chi connectivity index (χ0) is 15.1. The number of halogens is 3. The number of rotatable bonds is 1. The highest BCUT2D eigenvalue weighted by atomic mass is 19.4. The summed E-state index contributed by atoms with van der Waals surface area (Å²) in [6, 6.07) is -0.0258. The van der Waals surface area contributed by atoms with Gasteiger partial charge in [0.15, 0.2) is 0 Å². The largest absolute Gasteiger partial charge is 0.403 e. The number of fused-ring (bicyclic) bond motifs is 2. The van der Waals surface area contributed by atoms with Gasteiger partial charge in [0.2, 0.25) is 5.91 Å². The molecule has 2 saturated heterocycles. The second kappa shape index (κ2) is 5.20. The maximum Gasteiger partial charge on any atom is 0.403 e. The van der Waals surface area contributed by atoms with E-state index >= 15 is 0 Å². The van der Waals surface area contributed by atoms with Gasteiger partial charge in [0, 0.05) is 25.2 Å². The number of carbonyl (C=O) groups excluding carboxylic acids is 1. The van der Waals surface area contributed by atoms with Crippen LogP contribution < -0.4 is 0 Å². The highest BCUT2D eigenvalue weighted by Crippen LogP contribution is 2.59. The summed E-state index contributed by atoms with van der Waals surface area (Å²) >= 11 is 0. The predicted molar refractivity (Wildman–Crippen MR) is 70.2 cm³/mol. The van der Waals surface area contributed by atoms with Crippen molar-refractivity contribution in [3.05, 3.63) is 0 Å². The Balaban J connectivity index is 0.000000704. The van der Waals surface area contributed by atoms with Crippen molar-refractivity contribution in [2.24, 2.45) is 5.41 Å². The topological polar surface area (TPSA) is 23.6 Å². The first-order chi connectivity index (χ1) is 9.35. The molecule has 0 aromatic rings. The van der Waals surface area contributed by atoms with Gasteiger partial charge in [0.25, 0.3) is 0 Å². The van der Waals surface area contributed by atoms with Crippen molar-refractivity contribution in [1.29, 1.82) is 0 Å². The van der Waals surface area contributed by atoms with E-state index in [-0.39, 0.29) is 24.9 Å². The molecule has 3 fully saturated rings. The summed E-state index contributed by atoms with van der Waals surface area (Å²) in [7, 11) is 1.96. The summed E-state index contributed by atoms with van der Waals surface area (Å²) < 4.78 is 39.0. The van der Waals surface area contributed by atoms with Crippen LogP contribution in [0.2, 0.25) is 0 Å². The molecule has 3 nitrogen and oxygen atoms in total. The molecule has 2 heterocycles. The van der Waals surface area contributed by atoms with Gasteiger partial charge in [-0.25, -0.2) is 0 Å². The Labute approximate surface area is 118 Å². The molecule has 116 valence electrons. The number of likely N-dealkylation sites (N-methyl/N-ethyl adjacent to an activating group) is 1. The Morgan fingerprint density at radius 2 is 1.55 bits per heavy atom. The van der Waals surface area contributed by atoms with Gasteiger partial charge in [0.05, 0.1) is 0 Å². The van der Waals surface area contributed by atoms with E-state index in [0.29, 0.717) is 13.1 Å². The van der Waals surface area contributed by atoms with Gasteiger partial charge in [-0.15, -0.1) is 0 Å². The van der Waals surface area contributed by atoms with Crippen LogP contribution in [0.25, 0.3) is 0 Å². The van der Waals surface area contributed by atoms with E-state index in [1.807, 2.05) is 20.9 Å². The molecule has 2 bridgehead atoms. The number of amides is 1. The molecule has 1 aliphatic carbocycles. The third-order valence-electron chi connectivity index (χ3n) is 4.60. The maximum atomic E-state index is 13.0. The molecule has 2 atom stereocenters. The first-order valence-corrected chi connectivity index (χ1v) is 7.43. The average molecular weight is 292 g/mol. The lowest BCUT2D eigenvalue weighted by Crippen LogP contribution is -2.58. The average Bonchev–Trinajstić information content (AvgIpc) is 3.14. The van der Waals surface area contributed by atoms with Crippen LogP contribution in [0.15, 0.2) is 0 Å². The molecule has 0 aromatic carbocycles. The van der Waals surface area contributed by atoms with Crippen molar-refractivity contribution in [2.75, 3.05) is 20.1 Å². The van der Waals surface area contributed by atoms with Gasteiger partial charge < -0.3 is 9.80 Å². The molecule has 3 aliphatic rings. The van der Waals surface area contributed by atoms with E-state index in [1.165, 1.54) is 0 Å². The van der Waals surface area contributed by atoms with E-state index in [9.17, 15) is 18.0 Å². The van der Waals surface area contributed by atoms with Gasteiger partial charge in [-0.05, 0) is 32.7 Å². The highest BCUT2D eigenvalue weighted by Gasteiger charge is 2.70. The van der Waals surface area contributed by atoms with Crippen molar-refractivity contribution in [3.63, 3.8) is 0 Å². The molecule has 1 amide bonds. The third-order valence-corrected chi connectivity index (χ3v) is 4.60. The fourth-order valence-corrected chi connectivity index (χ4v) is 3.44. The van der Waals surface area contributed by atoms with Crippen LogP contribution in [0.5, 0.6) is 0 Å². The van der Waals surface area contributed by atoms with E-state index in [2.05, 4.69) is 4.90 Å². The molecule has 2 unspecified atom stereocenters. The third kappa shape index (κ3) is 2.32. The number of alkyl halides is 3. The van der Waals surface area contributed by atoms with E-state index < -0.39 is 17.5 Å². The first-order valence-electron chi connectivity index (χ1n) is 7.43. The number of likely N-dealkylation sites (tertiary alicyclic amines) is 1. The maximum absolute atomic E-state index is 13.0. The molecule has 3 rings (SSSR count). The number of hydrogen-bond donors (Lipinski definition) is 0. The molecule has 0 radical (unpaired) electrons. The van der Waals surface area contributed by atoms with Crippen molar-refractivity contribution in [2.45, 2.75) is 57.8 Å². The highest BCUT2D eigenvalue weighted by molar-refractivity contribution is 5.87. The number of carbonyl (C=O) groups is 1. The van der Waals surface area contributed by atoms with Crippen LogP contribution in [0.1, 0.15) is 39.5 Å². The van der Waals surface area contributed by atoms with Crippen molar-refractivity contribution in [3.8, 4) is 0 Å². The van der Waals surface area contributed by atoms with E-state index in [1.54, 1.807) is 4.90 Å². The minimum absolute atomic E-state index is 0.0129. The smallest absolute Gasteiger partial charge is 0.333 e. The summed E-state index contributed by atoms with van der Waals surface area (Å²) in [5, 5.41) is 0. The zero-order valence-corrected chi connectivity index (χ0v) is 12.3. The lowest BCUT2D eigenvalue weighted by atomic mass is 10.0. The Kier molecular flexibility index (Phi) is 4.06. The van der Waals surface area contributed by atoms with Gasteiger partial charge in [-0.2, -0.15) is 13.2 Å². The normalized spacial score (nSPS) is 31.6. The summed E-state index contributed by atoms with van der Waals surface area (Å²) in [5.74, 6) is -0.657. The van der Waals surface area contributed by atoms with Gasteiger partial charge >= 0.3 is 6.18 Å². The van der Waals surface area contributed by atoms with Crippen LogP contribution in [-0.4, -0.2) is 54.1 Å². The molecular weight excluding hydrogens is 269 g/mol. The standard InChI is InChI=1S/C12H17F3N2O.C2H6/c1-16-6-8-2-3-9(7-16)17(8)10(18)11(4-5-11)12(13,14)15;1-2/h8-9H,2-7H2,1H3;1-2H3. The molecule has 1 saturated carbocycles. The lowest BCUT2D eigenvalue weighted by molar-refractivity contribution is -0.201. The quantitative estimate of drug-likeness (QED) is 0.742. The summed E-state index contributed by atoms with van der Waals surface area (Å²) in [4.78, 5) is 16.0. The Hall–Kier alpha value is -0.780. The monoisotopic (exact) mass is 292 g/mol. The van der Waals surface area contributed by atoms with E-state index in [0.717, 1.165) is 12.8 Å². The SMILES string of the molecule is CC.CN1CC2CCC(C1)N2C(=O)C1(C(F)(F)F)CC1. The second-order valence-electron chi connectivity index (χ2n) is 5.90. The molecule has 20 heavy (non-hydrogen) atoms. The number of hydrogen-bond acceptors (Lipinski definition) is 2. The van der Waals surface area contributed by atoms with Crippen LogP contribution in [-0.2, 0) is 4.79 Å². The molecule has 0 aromatic heterocycles. The fraction of sp³-hybridized carbons (Fsp3) is 0.929. The molecule has 0 spiro atoms. The molecule has 6 heteroatoms. The van der Waals surface area contributed by atoms with Crippen molar-refractivity contribution in [1.82, 2.24) is 9.80 Å². The Morgan fingerprint density at radius 3 is 1.90 bits per heavy atom. The second-order valence-corrected chi connectivity index (χ2v) is 5.90. The zero-order valence-electron chi connectivity index (χ0n) is 12.3. The summed E-state index contributed by atoms with van der Waals surface area (Å²) in [6.45, 7) is 5.41.